The van der Waals surface area contributed by atoms with Gasteiger partial charge in [-0.1, -0.05) is 43.5 Å². The summed E-state index contributed by atoms with van der Waals surface area (Å²) in [5.74, 6) is 0.325. The van der Waals surface area contributed by atoms with Crippen LogP contribution >= 0.6 is 0 Å². The molecule has 1 saturated carbocycles. The largest absolute Gasteiger partial charge is 0.481 e. The minimum absolute atomic E-state index is 0.126. The van der Waals surface area contributed by atoms with E-state index in [1.54, 1.807) is 26.1 Å². The fourth-order valence-corrected chi connectivity index (χ4v) is 3.80. The fourth-order valence-electron chi connectivity index (χ4n) is 3.80. The lowest BCUT2D eigenvalue weighted by molar-refractivity contribution is -0.124. The molecule has 1 unspecified atom stereocenters. The van der Waals surface area contributed by atoms with E-state index in [1.807, 2.05) is 43.3 Å². The number of hydrogen-bond acceptors (Lipinski definition) is 3. The zero-order valence-corrected chi connectivity index (χ0v) is 17.5. The average molecular weight is 395 g/mol. The zero-order valence-electron chi connectivity index (χ0n) is 17.5. The van der Waals surface area contributed by atoms with E-state index in [2.05, 4.69) is 5.32 Å². The predicted molar refractivity (Wildman–Crippen MR) is 115 cm³/mol. The first-order valence-electron chi connectivity index (χ1n) is 10.4. The van der Waals surface area contributed by atoms with Gasteiger partial charge in [-0.2, -0.15) is 0 Å². The van der Waals surface area contributed by atoms with Crippen molar-refractivity contribution in [3.8, 4) is 5.75 Å². The summed E-state index contributed by atoms with van der Waals surface area (Å²) in [6.07, 6.45) is 4.90. The lowest BCUT2D eigenvalue weighted by atomic mass is 9.95. The normalized spacial score (nSPS) is 15.4. The predicted octanol–water partition coefficient (Wildman–Crippen LogP) is 4.49. The van der Waals surface area contributed by atoms with Crippen LogP contribution in [0.2, 0.25) is 0 Å². The highest BCUT2D eigenvalue weighted by Crippen LogP contribution is 2.23. The molecule has 2 aromatic rings. The molecular weight excluding hydrogens is 364 g/mol. The van der Waals surface area contributed by atoms with Crippen molar-refractivity contribution in [2.24, 2.45) is 0 Å². The van der Waals surface area contributed by atoms with Crippen LogP contribution in [0.25, 0.3) is 0 Å². The van der Waals surface area contributed by atoms with Gasteiger partial charge in [0.05, 0.1) is 11.3 Å². The lowest BCUT2D eigenvalue weighted by Crippen LogP contribution is -2.40. The van der Waals surface area contributed by atoms with E-state index in [0.29, 0.717) is 17.0 Å². The molecule has 154 valence electrons. The quantitative estimate of drug-likeness (QED) is 0.785. The molecule has 1 N–H and O–H groups in total. The number of amides is 2. The second-order valence-electron chi connectivity index (χ2n) is 7.80. The molecule has 5 nitrogen and oxygen atoms in total. The molecule has 0 spiro atoms. The van der Waals surface area contributed by atoms with Gasteiger partial charge in [0.15, 0.2) is 6.10 Å². The second-order valence-corrected chi connectivity index (χ2v) is 7.80. The second kappa shape index (κ2) is 9.59. The molecule has 0 bridgehead atoms. The summed E-state index contributed by atoms with van der Waals surface area (Å²) in [6, 6.07) is 15.1. The van der Waals surface area contributed by atoms with Crippen molar-refractivity contribution in [2.75, 3.05) is 11.9 Å². The molecule has 0 heterocycles. The maximum absolute atomic E-state index is 13.0. The molecule has 5 heteroatoms. The molecule has 3 rings (SSSR count). The number of hydrogen-bond donors (Lipinski definition) is 1. The molecule has 0 aliphatic heterocycles. The summed E-state index contributed by atoms with van der Waals surface area (Å²) in [7, 11) is 1.69. The van der Waals surface area contributed by atoms with E-state index in [0.717, 1.165) is 31.2 Å². The highest BCUT2D eigenvalue weighted by atomic mass is 16.5. The molecule has 1 aliphatic carbocycles. The van der Waals surface area contributed by atoms with Gasteiger partial charge in [0.1, 0.15) is 5.75 Å². The number of nitrogens with one attached hydrogen (secondary N) is 1. The third-order valence-electron chi connectivity index (χ3n) is 5.43. The summed E-state index contributed by atoms with van der Waals surface area (Å²) in [6.45, 7) is 3.71. The Labute approximate surface area is 173 Å². The van der Waals surface area contributed by atoms with Crippen LogP contribution < -0.4 is 15.0 Å². The Balaban J connectivity index is 1.71. The number of aryl methyl sites for hydroxylation is 1. The van der Waals surface area contributed by atoms with Crippen LogP contribution in [0, 0.1) is 6.92 Å². The number of para-hydroxylation sites is 1. The Hall–Kier alpha value is -2.82. The van der Waals surface area contributed by atoms with Crippen molar-refractivity contribution < 1.29 is 14.3 Å². The zero-order chi connectivity index (χ0) is 20.8. The molecule has 1 fully saturated rings. The van der Waals surface area contributed by atoms with E-state index in [1.165, 1.54) is 11.3 Å². The van der Waals surface area contributed by atoms with Crippen molar-refractivity contribution in [1.29, 1.82) is 0 Å². The Morgan fingerprint density at radius 1 is 1.07 bits per heavy atom. The third kappa shape index (κ3) is 5.37. The van der Waals surface area contributed by atoms with Gasteiger partial charge in [-0.05, 0) is 56.5 Å². The fraction of sp³-hybridized carbons (Fsp3) is 0.417. The molecule has 0 aromatic heterocycles. The number of anilines is 1. The van der Waals surface area contributed by atoms with Crippen molar-refractivity contribution >= 4 is 17.5 Å². The smallest absolute Gasteiger partial charge is 0.267 e. The van der Waals surface area contributed by atoms with E-state index < -0.39 is 6.10 Å². The first kappa shape index (κ1) is 20.9. The minimum atomic E-state index is -0.670. The molecule has 0 saturated heterocycles. The topological polar surface area (TPSA) is 58.6 Å². The van der Waals surface area contributed by atoms with Crippen LogP contribution in [0.15, 0.2) is 48.5 Å². The van der Waals surface area contributed by atoms with Gasteiger partial charge in [-0.15, -0.1) is 0 Å². The third-order valence-corrected chi connectivity index (χ3v) is 5.43. The van der Waals surface area contributed by atoms with Gasteiger partial charge < -0.3 is 15.0 Å². The summed E-state index contributed by atoms with van der Waals surface area (Å²) in [4.78, 5) is 27.4. The number of ether oxygens (including phenoxy) is 1. The number of likely N-dealkylation sites (N-methyl/N-ethyl adjacent to an activating group) is 1. The highest BCUT2D eigenvalue weighted by molar-refractivity contribution is 6.05. The van der Waals surface area contributed by atoms with E-state index >= 15 is 0 Å². The highest BCUT2D eigenvalue weighted by Gasteiger charge is 2.25. The number of carbonyl (C=O) groups excluding carboxylic acids is 2. The SMILES string of the molecule is Cc1cccc(OC(C)C(=O)N(C)c2ccccc2C(=O)NC2CCCCC2)c1. The van der Waals surface area contributed by atoms with Gasteiger partial charge >= 0.3 is 0 Å². The molecule has 0 radical (unpaired) electrons. The number of rotatable bonds is 6. The van der Waals surface area contributed by atoms with Crippen molar-refractivity contribution in [1.82, 2.24) is 5.32 Å². The Bertz CT molecular complexity index is 859. The minimum Gasteiger partial charge on any atom is -0.481 e. The molecule has 2 aromatic carbocycles. The lowest BCUT2D eigenvalue weighted by Gasteiger charge is -2.26. The summed E-state index contributed by atoms with van der Waals surface area (Å²) >= 11 is 0. The molecule has 1 aliphatic rings. The van der Waals surface area contributed by atoms with E-state index in [9.17, 15) is 9.59 Å². The maximum Gasteiger partial charge on any atom is 0.267 e. The number of benzene rings is 2. The van der Waals surface area contributed by atoms with Crippen LogP contribution in [-0.2, 0) is 4.79 Å². The molecule has 2 amide bonds. The number of carbonyl (C=O) groups is 2. The Morgan fingerprint density at radius 2 is 1.79 bits per heavy atom. The Kier molecular flexibility index (Phi) is 6.91. The number of nitrogens with zero attached hydrogens (tertiary/aromatic N) is 1. The van der Waals surface area contributed by atoms with Gasteiger partial charge in [0.2, 0.25) is 0 Å². The summed E-state index contributed by atoms with van der Waals surface area (Å²) < 4.78 is 5.83. The first-order chi connectivity index (χ1) is 14.0. The van der Waals surface area contributed by atoms with Crippen LogP contribution in [0.4, 0.5) is 5.69 Å². The molecular formula is C24H30N2O3. The van der Waals surface area contributed by atoms with Crippen LogP contribution in [0.3, 0.4) is 0 Å². The van der Waals surface area contributed by atoms with Crippen molar-refractivity contribution in [3.05, 3.63) is 59.7 Å². The Morgan fingerprint density at radius 3 is 2.52 bits per heavy atom. The van der Waals surface area contributed by atoms with Gasteiger partial charge in [-0.25, -0.2) is 0 Å². The van der Waals surface area contributed by atoms with Crippen molar-refractivity contribution in [3.63, 3.8) is 0 Å². The maximum atomic E-state index is 13.0. The van der Waals surface area contributed by atoms with Gasteiger partial charge in [0.25, 0.3) is 11.8 Å². The van der Waals surface area contributed by atoms with Crippen LogP contribution in [0.5, 0.6) is 5.75 Å². The standard InChI is InChI=1S/C24H30N2O3/c1-17-10-9-13-20(16-17)29-18(2)24(28)26(3)22-15-8-7-14-21(22)23(27)25-19-11-5-4-6-12-19/h7-10,13-16,18-19H,4-6,11-12H2,1-3H3,(H,25,27). The van der Waals surface area contributed by atoms with Crippen molar-refractivity contribution in [2.45, 2.75) is 58.1 Å². The van der Waals surface area contributed by atoms with Crippen LogP contribution in [0.1, 0.15) is 54.9 Å². The average Bonchev–Trinajstić information content (AvgIpc) is 2.73. The summed E-state index contributed by atoms with van der Waals surface area (Å²) in [5, 5.41) is 3.14. The molecule has 29 heavy (non-hydrogen) atoms. The first-order valence-corrected chi connectivity index (χ1v) is 10.4. The van der Waals surface area contributed by atoms with Gasteiger partial charge in [0, 0.05) is 13.1 Å². The summed E-state index contributed by atoms with van der Waals surface area (Å²) in [5.41, 5.74) is 2.17. The molecule has 1 atom stereocenters. The van der Waals surface area contributed by atoms with Gasteiger partial charge in [-0.3, -0.25) is 9.59 Å². The van der Waals surface area contributed by atoms with E-state index in [-0.39, 0.29) is 17.9 Å². The van der Waals surface area contributed by atoms with Crippen LogP contribution in [-0.4, -0.2) is 31.0 Å². The van der Waals surface area contributed by atoms with E-state index in [4.69, 9.17) is 4.74 Å². The monoisotopic (exact) mass is 394 g/mol.